The number of hydrogen-bond donors (Lipinski definition) is 1. The van der Waals surface area contributed by atoms with Gasteiger partial charge in [-0.15, -0.1) is 0 Å². The summed E-state index contributed by atoms with van der Waals surface area (Å²) in [5.41, 5.74) is 0. The maximum absolute atomic E-state index is 11.8. The molecule has 0 amide bonds. The second kappa shape index (κ2) is 6.20. The summed E-state index contributed by atoms with van der Waals surface area (Å²) in [5.74, 6) is 0.489. The van der Waals surface area contributed by atoms with E-state index in [1.165, 1.54) is 24.2 Å². The molecule has 1 fully saturated rings. The summed E-state index contributed by atoms with van der Waals surface area (Å²) < 4.78 is 28.7. The van der Waals surface area contributed by atoms with Crippen LogP contribution in [0.5, 0.6) is 5.75 Å². The molecule has 1 aromatic carbocycles. The van der Waals surface area contributed by atoms with Crippen LogP contribution in [0.3, 0.4) is 0 Å². The van der Waals surface area contributed by atoms with Gasteiger partial charge in [0.15, 0.2) is 0 Å². The highest BCUT2D eigenvalue weighted by Crippen LogP contribution is 2.11. The van der Waals surface area contributed by atoms with Gasteiger partial charge in [0.25, 0.3) is 0 Å². The van der Waals surface area contributed by atoms with Gasteiger partial charge in [0.05, 0.1) is 19.6 Å². The number of quaternary nitrogens is 1. The van der Waals surface area contributed by atoms with Crippen LogP contribution < -0.4 is 9.08 Å². The fraction of sp³-hybridized carbons (Fsp3) is 0.538. The van der Waals surface area contributed by atoms with Crippen LogP contribution in [0.25, 0.3) is 0 Å². The van der Waals surface area contributed by atoms with Crippen molar-refractivity contribution in [2.75, 3.05) is 25.4 Å². The predicted octanol–water partition coefficient (Wildman–Crippen LogP) is 0.464. The highest BCUT2D eigenvalue weighted by molar-refractivity contribution is 7.87. The van der Waals surface area contributed by atoms with Gasteiger partial charge in [0.2, 0.25) is 0 Å². The predicted molar refractivity (Wildman–Crippen MR) is 70.3 cm³/mol. The molecule has 0 saturated carbocycles. The van der Waals surface area contributed by atoms with E-state index in [-0.39, 0.29) is 5.75 Å². The van der Waals surface area contributed by atoms with Crippen LogP contribution in [0.1, 0.15) is 19.3 Å². The number of likely N-dealkylation sites (tertiary alicyclic amines) is 1. The van der Waals surface area contributed by atoms with Gasteiger partial charge in [0, 0.05) is 0 Å². The van der Waals surface area contributed by atoms with Crippen molar-refractivity contribution in [3.8, 4) is 5.75 Å². The minimum Gasteiger partial charge on any atom is -0.382 e. The van der Waals surface area contributed by atoms with E-state index in [1.807, 2.05) is 6.07 Å². The lowest BCUT2D eigenvalue weighted by Crippen LogP contribution is -3.13. The van der Waals surface area contributed by atoms with Crippen LogP contribution in [0.15, 0.2) is 30.3 Å². The molecule has 1 heterocycles. The summed E-state index contributed by atoms with van der Waals surface area (Å²) in [6.07, 6.45) is 3.68. The number of rotatable bonds is 5. The molecular formula is C13H20NO3S+. The lowest BCUT2D eigenvalue weighted by Gasteiger charge is -2.23. The zero-order valence-electron chi connectivity index (χ0n) is 10.5. The Balaban J connectivity index is 1.83. The van der Waals surface area contributed by atoms with E-state index in [9.17, 15) is 8.42 Å². The fourth-order valence-corrected chi connectivity index (χ4v) is 3.26. The van der Waals surface area contributed by atoms with Crippen LogP contribution >= 0.6 is 0 Å². The van der Waals surface area contributed by atoms with E-state index >= 15 is 0 Å². The van der Waals surface area contributed by atoms with E-state index in [2.05, 4.69) is 0 Å². The summed E-state index contributed by atoms with van der Waals surface area (Å²) in [4.78, 5) is 1.38. The van der Waals surface area contributed by atoms with Crippen molar-refractivity contribution in [2.24, 2.45) is 0 Å². The maximum atomic E-state index is 11.8. The number of nitrogens with one attached hydrogen (secondary N) is 1. The van der Waals surface area contributed by atoms with E-state index in [1.54, 1.807) is 24.3 Å². The topological polar surface area (TPSA) is 47.8 Å². The molecule has 0 spiro atoms. The zero-order chi connectivity index (χ0) is 12.8. The van der Waals surface area contributed by atoms with Gasteiger partial charge in [-0.1, -0.05) is 18.2 Å². The van der Waals surface area contributed by atoms with E-state index in [4.69, 9.17) is 4.18 Å². The second-order valence-corrected chi connectivity index (χ2v) is 6.41. The number of benzene rings is 1. The Labute approximate surface area is 109 Å². The Kier molecular flexibility index (Phi) is 4.60. The summed E-state index contributed by atoms with van der Waals surface area (Å²) in [6, 6.07) is 8.68. The first-order valence-electron chi connectivity index (χ1n) is 6.46. The van der Waals surface area contributed by atoms with Crippen molar-refractivity contribution in [3.05, 3.63) is 30.3 Å². The van der Waals surface area contributed by atoms with Gasteiger partial charge in [-0.05, 0) is 31.4 Å². The molecule has 100 valence electrons. The quantitative estimate of drug-likeness (QED) is 0.791. The van der Waals surface area contributed by atoms with Crippen molar-refractivity contribution >= 4 is 10.1 Å². The van der Waals surface area contributed by atoms with Gasteiger partial charge < -0.3 is 9.08 Å². The summed E-state index contributed by atoms with van der Waals surface area (Å²) in [5, 5.41) is 0. The van der Waals surface area contributed by atoms with E-state index < -0.39 is 10.1 Å². The van der Waals surface area contributed by atoms with Crippen LogP contribution in [0.2, 0.25) is 0 Å². The van der Waals surface area contributed by atoms with Crippen LogP contribution in [-0.2, 0) is 10.1 Å². The van der Waals surface area contributed by atoms with E-state index in [0.717, 1.165) is 13.1 Å². The molecule has 0 aliphatic carbocycles. The molecule has 0 bridgehead atoms. The summed E-state index contributed by atoms with van der Waals surface area (Å²) in [6.45, 7) is 2.82. The number of hydrogen-bond acceptors (Lipinski definition) is 3. The normalized spacial score (nSPS) is 17.6. The molecule has 4 nitrogen and oxygen atoms in total. The van der Waals surface area contributed by atoms with Gasteiger partial charge in [-0.25, -0.2) is 0 Å². The van der Waals surface area contributed by atoms with Gasteiger partial charge in [-0.3, -0.25) is 0 Å². The van der Waals surface area contributed by atoms with Gasteiger partial charge in [0.1, 0.15) is 11.5 Å². The summed E-state index contributed by atoms with van der Waals surface area (Å²) >= 11 is 0. The Morgan fingerprint density at radius 3 is 2.39 bits per heavy atom. The lowest BCUT2D eigenvalue weighted by molar-refractivity contribution is -0.902. The Bertz CT molecular complexity index is 452. The highest BCUT2D eigenvalue weighted by Gasteiger charge is 2.19. The number of para-hydroxylation sites is 1. The Hall–Kier alpha value is -1.07. The van der Waals surface area contributed by atoms with Crippen molar-refractivity contribution < 1.29 is 17.5 Å². The minimum absolute atomic E-state index is 0.0945. The molecule has 0 unspecified atom stereocenters. The van der Waals surface area contributed by atoms with Gasteiger partial charge >= 0.3 is 10.1 Å². The third-order valence-corrected chi connectivity index (χ3v) is 4.38. The average molecular weight is 270 g/mol. The zero-order valence-corrected chi connectivity index (χ0v) is 11.3. The largest absolute Gasteiger partial charge is 0.382 e. The first kappa shape index (κ1) is 13.4. The van der Waals surface area contributed by atoms with Crippen LogP contribution in [-0.4, -0.2) is 33.8 Å². The molecule has 5 heteroatoms. The molecule has 1 aliphatic rings. The first-order valence-corrected chi connectivity index (χ1v) is 8.04. The van der Waals surface area contributed by atoms with Crippen LogP contribution in [0.4, 0.5) is 0 Å². The Morgan fingerprint density at radius 1 is 1.06 bits per heavy atom. The highest BCUT2D eigenvalue weighted by atomic mass is 32.2. The molecular weight excluding hydrogens is 250 g/mol. The maximum Gasteiger partial charge on any atom is 0.314 e. The minimum atomic E-state index is -3.45. The molecule has 0 atom stereocenters. The number of piperidine rings is 1. The molecule has 1 aliphatic heterocycles. The first-order chi connectivity index (χ1) is 8.66. The SMILES string of the molecule is O=S(=O)(CC[NH+]1CCCCC1)Oc1ccccc1. The monoisotopic (exact) mass is 270 g/mol. The lowest BCUT2D eigenvalue weighted by atomic mass is 10.1. The van der Waals surface area contributed by atoms with Crippen molar-refractivity contribution in [3.63, 3.8) is 0 Å². The molecule has 1 N–H and O–H groups in total. The van der Waals surface area contributed by atoms with Crippen LogP contribution in [0, 0.1) is 0 Å². The molecule has 18 heavy (non-hydrogen) atoms. The van der Waals surface area contributed by atoms with Crippen molar-refractivity contribution in [2.45, 2.75) is 19.3 Å². The molecule has 0 aromatic heterocycles. The fourth-order valence-electron chi connectivity index (χ4n) is 2.24. The average Bonchev–Trinajstić information content (AvgIpc) is 2.38. The Morgan fingerprint density at radius 2 is 1.72 bits per heavy atom. The third kappa shape index (κ3) is 4.31. The van der Waals surface area contributed by atoms with Crippen molar-refractivity contribution in [1.29, 1.82) is 0 Å². The molecule has 1 saturated heterocycles. The van der Waals surface area contributed by atoms with Crippen molar-refractivity contribution in [1.82, 2.24) is 0 Å². The smallest absolute Gasteiger partial charge is 0.314 e. The second-order valence-electron chi connectivity index (χ2n) is 4.72. The molecule has 0 radical (unpaired) electrons. The van der Waals surface area contributed by atoms with E-state index in [0.29, 0.717) is 12.3 Å². The molecule has 2 rings (SSSR count). The third-order valence-electron chi connectivity index (χ3n) is 3.23. The molecule has 1 aromatic rings. The standard InChI is InChI=1S/C13H19NO3S/c15-18(16,17-13-7-3-1-4-8-13)12-11-14-9-5-2-6-10-14/h1,3-4,7-8H,2,5-6,9-12H2/p+1. The van der Waals surface area contributed by atoms with Gasteiger partial charge in [-0.2, -0.15) is 8.42 Å². The summed E-state index contributed by atoms with van der Waals surface area (Å²) in [7, 11) is -3.45.